The molecule has 6 heteroatoms. The Kier molecular flexibility index (Phi) is 5.35. The van der Waals surface area contributed by atoms with E-state index in [1.54, 1.807) is 6.07 Å². The molecule has 1 heterocycles. The summed E-state index contributed by atoms with van der Waals surface area (Å²) in [7, 11) is 2.90. The highest BCUT2D eigenvalue weighted by atomic mass is 16.5. The van der Waals surface area contributed by atoms with Crippen LogP contribution in [0.3, 0.4) is 0 Å². The third kappa shape index (κ3) is 4.20. The summed E-state index contributed by atoms with van der Waals surface area (Å²) >= 11 is 0. The molecule has 0 aliphatic carbocycles. The zero-order valence-electron chi connectivity index (χ0n) is 11.1. The van der Waals surface area contributed by atoms with Crippen molar-refractivity contribution in [3.05, 3.63) is 12.4 Å². The zero-order valence-corrected chi connectivity index (χ0v) is 11.1. The van der Waals surface area contributed by atoms with E-state index in [-0.39, 0.29) is 5.97 Å². The maximum Gasteiger partial charge on any atom is 0.328 e. The Morgan fingerprint density at radius 2 is 2.11 bits per heavy atom. The molecule has 1 unspecified atom stereocenters. The van der Waals surface area contributed by atoms with E-state index in [4.69, 9.17) is 9.47 Å². The molecule has 1 aromatic heterocycles. The van der Waals surface area contributed by atoms with Gasteiger partial charge in [0.25, 0.3) is 0 Å². The van der Waals surface area contributed by atoms with Gasteiger partial charge in [0.1, 0.15) is 18.2 Å². The van der Waals surface area contributed by atoms with E-state index in [1.807, 2.05) is 13.8 Å². The number of hydrogen-bond acceptors (Lipinski definition) is 6. The van der Waals surface area contributed by atoms with Crippen molar-refractivity contribution in [2.75, 3.05) is 19.5 Å². The van der Waals surface area contributed by atoms with Gasteiger partial charge >= 0.3 is 5.97 Å². The van der Waals surface area contributed by atoms with Crippen molar-refractivity contribution in [2.45, 2.75) is 26.3 Å². The molecule has 0 radical (unpaired) electrons. The maximum atomic E-state index is 11.6. The Balaban J connectivity index is 2.78. The van der Waals surface area contributed by atoms with Crippen molar-refractivity contribution in [2.24, 2.45) is 5.92 Å². The number of nitrogens with zero attached hydrogens (tertiary/aromatic N) is 2. The average molecular weight is 253 g/mol. The van der Waals surface area contributed by atoms with Gasteiger partial charge in [-0.05, 0) is 12.3 Å². The first-order valence-electron chi connectivity index (χ1n) is 5.77. The van der Waals surface area contributed by atoms with Crippen LogP contribution in [0.1, 0.15) is 20.3 Å². The lowest BCUT2D eigenvalue weighted by Crippen LogP contribution is -2.32. The molecule has 100 valence electrons. The van der Waals surface area contributed by atoms with E-state index in [1.165, 1.54) is 20.5 Å². The predicted molar refractivity (Wildman–Crippen MR) is 67.5 cm³/mol. The van der Waals surface area contributed by atoms with Crippen LogP contribution in [0, 0.1) is 5.92 Å². The number of hydrogen-bond donors (Lipinski definition) is 1. The minimum atomic E-state index is -0.422. The number of esters is 1. The monoisotopic (exact) mass is 253 g/mol. The molecule has 0 aliphatic rings. The van der Waals surface area contributed by atoms with Gasteiger partial charge in [0.2, 0.25) is 5.88 Å². The van der Waals surface area contributed by atoms with E-state index in [9.17, 15) is 4.79 Å². The second-order valence-electron chi connectivity index (χ2n) is 4.30. The molecule has 0 amide bonds. The summed E-state index contributed by atoms with van der Waals surface area (Å²) in [5.74, 6) is 1.05. The molecule has 1 rings (SSSR count). The summed E-state index contributed by atoms with van der Waals surface area (Å²) in [6.07, 6.45) is 2.05. The van der Waals surface area contributed by atoms with Crippen LogP contribution in [-0.2, 0) is 9.53 Å². The molecule has 0 spiro atoms. The molecular weight excluding hydrogens is 234 g/mol. The molecule has 6 nitrogen and oxygen atoms in total. The quantitative estimate of drug-likeness (QED) is 0.774. The van der Waals surface area contributed by atoms with Gasteiger partial charge in [0, 0.05) is 6.07 Å². The van der Waals surface area contributed by atoms with Gasteiger partial charge in [0.05, 0.1) is 14.2 Å². The van der Waals surface area contributed by atoms with Crippen LogP contribution >= 0.6 is 0 Å². The van der Waals surface area contributed by atoms with Crippen LogP contribution in [0.5, 0.6) is 5.88 Å². The smallest absolute Gasteiger partial charge is 0.328 e. The van der Waals surface area contributed by atoms with Crippen molar-refractivity contribution < 1.29 is 14.3 Å². The van der Waals surface area contributed by atoms with E-state index in [2.05, 4.69) is 15.3 Å². The minimum Gasteiger partial charge on any atom is -0.481 e. The number of carbonyl (C=O) groups is 1. The fourth-order valence-corrected chi connectivity index (χ4v) is 1.54. The van der Waals surface area contributed by atoms with Crippen molar-refractivity contribution in [1.29, 1.82) is 0 Å². The lowest BCUT2D eigenvalue weighted by molar-refractivity contribution is -0.141. The molecule has 0 fully saturated rings. The molecule has 0 aromatic carbocycles. The van der Waals surface area contributed by atoms with Crippen LogP contribution in [0.25, 0.3) is 0 Å². The van der Waals surface area contributed by atoms with E-state index in [0.717, 1.165) is 0 Å². The normalized spacial score (nSPS) is 12.1. The van der Waals surface area contributed by atoms with Crippen LogP contribution in [0.4, 0.5) is 5.82 Å². The molecule has 0 bridgehead atoms. The zero-order chi connectivity index (χ0) is 13.5. The second-order valence-corrected chi connectivity index (χ2v) is 4.30. The minimum absolute atomic E-state index is 0.304. The average Bonchev–Trinajstić information content (AvgIpc) is 2.36. The first-order valence-corrected chi connectivity index (χ1v) is 5.77. The molecule has 0 saturated carbocycles. The Hall–Kier alpha value is -1.85. The van der Waals surface area contributed by atoms with Crippen LogP contribution in [0.2, 0.25) is 0 Å². The lowest BCUT2D eigenvalue weighted by Gasteiger charge is -2.18. The topological polar surface area (TPSA) is 73.3 Å². The number of ether oxygens (including phenoxy) is 2. The maximum absolute atomic E-state index is 11.6. The molecule has 0 saturated heterocycles. The third-order valence-electron chi connectivity index (χ3n) is 2.37. The number of methoxy groups -OCH3 is 2. The first-order chi connectivity index (χ1) is 8.56. The molecular formula is C12H19N3O3. The third-order valence-corrected chi connectivity index (χ3v) is 2.37. The Labute approximate surface area is 107 Å². The van der Waals surface area contributed by atoms with Gasteiger partial charge in [-0.15, -0.1) is 0 Å². The van der Waals surface area contributed by atoms with Gasteiger partial charge in [-0.2, -0.15) is 0 Å². The predicted octanol–water partition coefficient (Wildman–Crippen LogP) is 1.48. The van der Waals surface area contributed by atoms with Gasteiger partial charge in [-0.25, -0.2) is 14.8 Å². The highest BCUT2D eigenvalue weighted by Gasteiger charge is 2.20. The summed E-state index contributed by atoms with van der Waals surface area (Å²) < 4.78 is 9.76. The van der Waals surface area contributed by atoms with Gasteiger partial charge < -0.3 is 14.8 Å². The Morgan fingerprint density at radius 1 is 1.39 bits per heavy atom. The number of aromatic nitrogens is 2. The van der Waals surface area contributed by atoms with Gasteiger partial charge in [-0.3, -0.25) is 0 Å². The van der Waals surface area contributed by atoms with E-state index >= 15 is 0 Å². The molecule has 1 atom stereocenters. The van der Waals surface area contributed by atoms with Crippen LogP contribution in [-0.4, -0.2) is 36.2 Å². The van der Waals surface area contributed by atoms with Crippen molar-refractivity contribution in [1.82, 2.24) is 9.97 Å². The molecule has 1 aromatic rings. The second kappa shape index (κ2) is 6.78. The molecule has 1 N–H and O–H groups in total. The van der Waals surface area contributed by atoms with Gasteiger partial charge in [-0.1, -0.05) is 13.8 Å². The Bertz CT molecular complexity index is 396. The fourth-order valence-electron chi connectivity index (χ4n) is 1.54. The van der Waals surface area contributed by atoms with Crippen molar-refractivity contribution in [3.63, 3.8) is 0 Å². The highest BCUT2D eigenvalue weighted by molar-refractivity contribution is 5.78. The fraction of sp³-hybridized carbons (Fsp3) is 0.583. The van der Waals surface area contributed by atoms with Gasteiger partial charge in [0.15, 0.2) is 0 Å². The standard InChI is InChI=1S/C12H19N3O3/c1-8(2)5-9(12(16)18-4)15-10-6-11(17-3)14-7-13-10/h6-9H,5H2,1-4H3,(H,13,14,15). The van der Waals surface area contributed by atoms with Crippen LogP contribution in [0.15, 0.2) is 12.4 Å². The largest absolute Gasteiger partial charge is 0.481 e. The summed E-state index contributed by atoms with van der Waals surface area (Å²) in [6, 6.07) is 1.21. The molecule has 18 heavy (non-hydrogen) atoms. The van der Waals surface area contributed by atoms with Crippen molar-refractivity contribution >= 4 is 11.8 Å². The van der Waals surface area contributed by atoms with E-state index in [0.29, 0.717) is 24.0 Å². The lowest BCUT2D eigenvalue weighted by atomic mass is 10.0. The van der Waals surface area contributed by atoms with Crippen molar-refractivity contribution in [3.8, 4) is 5.88 Å². The number of nitrogens with one attached hydrogen (secondary N) is 1. The summed E-state index contributed by atoms with van der Waals surface area (Å²) in [5, 5.41) is 3.03. The SMILES string of the molecule is COC(=O)C(CC(C)C)Nc1cc(OC)ncn1. The number of carbonyl (C=O) groups excluding carboxylic acids is 1. The number of anilines is 1. The first kappa shape index (κ1) is 14.2. The Morgan fingerprint density at radius 3 is 2.67 bits per heavy atom. The summed E-state index contributed by atoms with van der Waals surface area (Å²) in [4.78, 5) is 19.6. The number of rotatable bonds is 6. The van der Waals surface area contributed by atoms with E-state index < -0.39 is 6.04 Å². The molecule has 0 aliphatic heterocycles. The highest BCUT2D eigenvalue weighted by Crippen LogP contribution is 2.15. The summed E-state index contributed by atoms with van der Waals surface area (Å²) in [6.45, 7) is 4.08. The summed E-state index contributed by atoms with van der Waals surface area (Å²) in [5.41, 5.74) is 0. The van der Waals surface area contributed by atoms with Crippen LogP contribution < -0.4 is 10.1 Å².